The van der Waals surface area contributed by atoms with Crippen molar-refractivity contribution in [3.05, 3.63) is 126 Å². The van der Waals surface area contributed by atoms with Gasteiger partial charge in [-0.05, 0) is 48.4 Å². The molecule has 7 nitrogen and oxygen atoms in total. The fourth-order valence-corrected chi connectivity index (χ4v) is 4.69. The zero-order valence-electron chi connectivity index (χ0n) is 24.3. The first kappa shape index (κ1) is 31.0. The van der Waals surface area contributed by atoms with Crippen LogP contribution in [0.4, 0.5) is 15.8 Å². The van der Waals surface area contributed by atoms with Gasteiger partial charge in [0.05, 0.1) is 19.4 Å². The fourth-order valence-electron chi connectivity index (χ4n) is 4.69. The number of ketones is 1. The molecule has 0 aliphatic rings. The summed E-state index contributed by atoms with van der Waals surface area (Å²) in [6.45, 7) is 2.41. The highest BCUT2D eigenvalue weighted by Gasteiger charge is 2.23. The second kappa shape index (κ2) is 15.3. The molecule has 4 aromatic rings. The summed E-state index contributed by atoms with van der Waals surface area (Å²) in [5.74, 6) is -0.570. The van der Waals surface area contributed by atoms with Crippen LogP contribution in [0.15, 0.2) is 103 Å². The summed E-state index contributed by atoms with van der Waals surface area (Å²) in [5.41, 5.74) is 2.68. The van der Waals surface area contributed by atoms with E-state index in [9.17, 15) is 18.8 Å². The average Bonchev–Trinajstić information content (AvgIpc) is 3.05. The summed E-state index contributed by atoms with van der Waals surface area (Å²) in [4.78, 5) is 39.7. The molecule has 0 radical (unpaired) electrons. The van der Waals surface area contributed by atoms with E-state index in [-0.39, 0.29) is 23.8 Å². The fraction of sp³-hybridized carbons (Fsp3) is 0.229. The quantitative estimate of drug-likeness (QED) is 0.104. The minimum Gasteiger partial charge on any atom is -0.494 e. The van der Waals surface area contributed by atoms with Crippen LogP contribution in [-0.2, 0) is 20.7 Å². The lowest BCUT2D eigenvalue weighted by Gasteiger charge is -2.23. The van der Waals surface area contributed by atoms with Crippen molar-refractivity contribution in [3.63, 3.8) is 0 Å². The molecule has 1 atom stereocenters. The third-order valence-corrected chi connectivity index (χ3v) is 6.93. The van der Waals surface area contributed by atoms with Crippen LogP contribution in [-0.4, -0.2) is 44.0 Å². The Morgan fingerprint density at radius 3 is 2.23 bits per heavy atom. The average molecular weight is 583 g/mol. The highest BCUT2D eigenvalue weighted by molar-refractivity contribution is 6.12. The SMILES string of the molecule is CCC(=O)N(CCCOc1ccc(C[C@H](Nc2ccccc2C(=O)c2ccccc2)C(=O)OC)cc1)c1ccccc1F. The molecule has 0 fully saturated rings. The van der Waals surface area contributed by atoms with E-state index >= 15 is 0 Å². The number of halogens is 1. The predicted molar refractivity (Wildman–Crippen MR) is 165 cm³/mol. The first-order chi connectivity index (χ1) is 20.9. The highest BCUT2D eigenvalue weighted by atomic mass is 19.1. The van der Waals surface area contributed by atoms with Gasteiger partial charge in [0.15, 0.2) is 5.78 Å². The van der Waals surface area contributed by atoms with Gasteiger partial charge in [0.1, 0.15) is 17.6 Å². The van der Waals surface area contributed by atoms with Gasteiger partial charge in [-0.2, -0.15) is 0 Å². The van der Waals surface area contributed by atoms with Crippen molar-refractivity contribution in [1.82, 2.24) is 0 Å². The number of esters is 1. The molecule has 1 amide bonds. The number of hydrogen-bond acceptors (Lipinski definition) is 6. The molecule has 4 aromatic carbocycles. The third kappa shape index (κ3) is 8.29. The van der Waals surface area contributed by atoms with Crippen molar-refractivity contribution in [3.8, 4) is 5.75 Å². The maximum atomic E-state index is 14.3. The number of anilines is 2. The van der Waals surface area contributed by atoms with Gasteiger partial charge in [0, 0.05) is 36.2 Å². The van der Waals surface area contributed by atoms with Gasteiger partial charge in [-0.25, -0.2) is 9.18 Å². The molecule has 0 bridgehead atoms. The largest absolute Gasteiger partial charge is 0.494 e. The molecule has 43 heavy (non-hydrogen) atoms. The van der Waals surface area contributed by atoms with E-state index < -0.39 is 17.8 Å². The number of nitrogens with zero attached hydrogens (tertiary/aromatic N) is 1. The molecular weight excluding hydrogens is 547 g/mol. The lowest BCUT2D eigenvalue weighted by molar-refractivity contribution is -0.141. The topological polar surface area (TPSA) is 84.9 Å². The number of ether oxygens (including phenoxy) is 2. The van der Waals surface area contributed by atoms with Crippen LogP contribution in [0.3, 0.4) is 0 Å². The molecule has 1 N–H and O–H groups in total. The van der Waals surface area contributed by atoms with Crippen LogP contribution in [0.25, 0.3) is 0 Å². The molecule has 0 aliphatic carbocycles. The first-order valence-corrected chi connectivity index (χ1v) is 14.2. The van der Waals surface area contributed by atoms with Gasteiger partial charge in [0.2, 0.25) is 5.91 Å². The Morgan fingerprint density at radius 2 is 1.53 bits per heavy atom. The predicted octanol–water partition coefficient (Wildman–Crippen LogP) is 6.47. The van der Waals surface area contributed by atoms with E-state index in [2.05, 4.69) is 5.32 Å². The number of carbonyl (C=O) groups excluding carboxylic acids is 3. The van der Waals surface area contributed by atoms with Crippen LogP contribution in [0, 0.1) is 5.82 Å². The molecule has 0 saturated heterocycles. The van der Waals surface area contributed by atoms with E-state index in [1.807, 2.05) is 42.5 Å². The van der Waals surface area contributed by atoms with Crippen LogP contribution in [0.2, 0.25) is 0 Å². The van der Waals surface area contributed by atoms with Gasteiger partial charge in [0.25, 0.3) is 0 Å². The molecular formula is C35H35FN2O5. The Morgan fingerprint density at radius 1 is 0.860 bits per heavy atom. The number of carbonyl (C=O) groups is 3. The van der Waals surface area contributed by atoms with Crippen molar-refractivity contribution in [1.29, 1.82) is 0 Å². The highest BCUT2D eigenvalue weighted by Crippen LogP contribution is 2.23. The Hall–Kier alpha value is -4.98. The molecule has 0 aliphatic heterocycles. The van der Waals surface area contributed by atoms with Crippen LogP contribution >= 0.6 is 0 Å². The van der Waals surface area contributed by atoms with E-state index in [4.69, 9.17) is 9.47 Å². The molecule has 4 rings (SSSR count). The first-order valence-electron chi connectivity index (χ1n) is 14.2. The van der Waals surface area contributed by atoms with E-state index in [1.165, 1.54) is 18.1 Å². The Bertz CT molecular complexity index is 1530. The summed E-state index contributed by atoms with van der Waals surface area (Å²) >= 11 is 0. The summed E-state index contributed by atoms with van der Waals surface area (Å²) in [7, 11) is 1.33. The minimum atomic E-state index is -0.734. The van der Waals surface area contributed by atoms with Gasteiger partial charge in [-0.1, -0.05) is 73.7 Å². The number of nitrogens with one attached hydrogen (secondary N) is 1. The van der Waals surface area contributed by atoms with Crippen LogP contribution in [0.1, 0.15) is 41.3 Å². The molecule has 0 saturated carbocycles. The summed E-state index contributed by atoms with van der Waals surface area (Å²) < 4.78 is 25.2. The van der Waals surface area contributed by atoms with E-state index in [0.717, 1.165) is 5.56 Å². The zero-order chi connectivity index (χ0) is 30.6. The Labute approximate surface area is 251 Å². The maximum absolute atomic E-state index is 14.3. The zero-order valence-corrected chi connectivity index (χ0v) is 24.3. The van der Waals surface area contributed by atoms with Crippen molar-refractivity contribution in [2.45, 2.75) is 32.2 Å². The number of amides is 1. The number of para-hydroxylation sites is 2. The normalized spacial score (nSPS) is 11.3. The number of methoxy groups -OCH3 is 1. The lowest BCUT2D eigenvalue weighted by atomic mass is 10.00. The minimum absolute atomic E-state index is 0.148. The smallest absolute Gasteiger partial charge is 0.328 e. The van der Waals surface area contributed by atoms with Crippen molar-refractivity contribution in [2.75, 3.05) is 30.5 Å². The molecule has 0 heterocycles. The monoisotopic (exact) mass is 582 g/mol. The van der Waals surface area contributed by atoms with Crippen molar-refractivity contribution < 1.29 is 28.2 Å². The number of hydrogen-bond donors (Lipinski definition) is 1. The third-order valence-electron chi connectivity index (χ3n) is 6.93. The summed E-state index contributed by atoms with van der Waals surface area (Å²) in [6.07, 6.45) is 1.10. The summed E-state index contributed by atoms with van der Waals surface area (Å²) in [6, 6.07) is 28.9. The summed E-state index contributed by atoms with van der Waals surface area (Å²) in [5, 5.41) is 3.21. The molecule has 222 valence electrons. The molecule has 0 spiro atoms. The van der Waals surface area contributed by atoms with Crippen LogP contribution in [0.5, 0.6) is 5.75 Å². The lowest BCUT2D eigenvalue weighted by Crippen LogP contribution is -2.33. The van der Waals surface area contributed by atoms with Crippen molar-refractivity contribution in [2.24, 2.45) is 0 Å². The van der Waals surface area contributed by atoms with Gasteiger partial charge < -0.3 is 19.7 Å². The molecule has 0 unspecified atom stereocenters. The van der Waals surface area contributed by atoms with Gasteiger partial charge in [-0.3, -0.25) is 9.59 Å². The van der Waals surface area contributed by atoms with E-state index in [1.54, 1.807) is 61.5 Å². The van der Waals surface area contributed by atoms with Crippen LogP contribution < -0.4 is 15.0 Å². The molecule has 0 aromatic heterocycles. The standard InChI is InChI=1S/C35H35FN2O5/c1-3-33(39)38(32-17-10-8-15-29(32)36)22-11-23-43-27-20-18-25(19-21-27)24-31(35(41)42-2)37-30-16-9-7-14-28(30)34(40)26-12-5-4-6-13-26/h4-10,12-21,31,37H,3,11,22-24H2,1-2H3/t31-/m0/s1. The number of rotatable bonds is 14. The Balaban J connectivity index is 1.37. The second-order valence-corrected chi connectivity index (χ2v) is 9.86. The van der Waals surface area contributed by atoms with Crippen molar-refractivity contribution >= 4 is 29.0 Å². The second-order valence-electron chi connectivity index (χ2n) is 9.86. The molecule has 8 heteroatoms. The number of benzene rings is 4. The maximum Gasteiger partial charge on any atom is 0.328 e. The van der Waals surface area contributed by atoms with Gasteiger partial charge in [-0.15, -0.1) is 0 Å². The Kier molecular flexibility index (Phi) is 11.0. The van der Waals surface area contributed by atoms with Gasteiger partial charge >= 0.3 is 5.97 Å². The van der Waals surface area contributed by atoms with E-state index in [0.29, 0.717) is 48.6 Å².